The van der Waals surface area contributed by atoms with Gasteiger partial charge in [0.05, 0.1) is 11.3 Å². The van der Waals surface area contributed by atoms with Gasteiger partial charge in [-0.2, -0.15) is 0 Å². The molecule has 2 aromatic carbocycles. The van der Waals surface area contributed by atoms with Crippen molar-refractivity contribution in [3.63, 3.8) is 0 Å². The molecule has 2 N–H and O–H groups in total. The highest BCUT2D eigenvalue weighted by molar-refractivity contribution is 7.90. The Morgan fingerprint density at radius 3 is 2.54 bits per heavy atom. The van der Waals surface area contributed by atoms with E-state index in [2.05, 4.69) is 10.0 Å². The summed E-state index contributed by atoms with van der Waals surface area (Å²) in [5.41, 5.74) is 0.662. The van der Waals surface area contributed by atoms with Gasteiger partial charge >= 0.3 is 0 Å². The van der Waals surface area contributed by atoms with E-state index < -0.39 is 21.3 Å². The quantitative estimate of drug-likeness (QED) is 0.777. The molecule has 0 bridgehead atoms. The minimum Gasteiger partial charge on any atom is -0.492 e. The Kier molecular flexibility index (Phi) is 6.24. The zero-order chi connectivity index (χ0) is 18.4. The molecule has 140 valence electrons. The molecule has 2 aromatic rings. The van der Waals surface area contributed by atoms with Crippen LogP contribution in [0.3, 0.4) is 0 Å². The van der Waals surface area contributed by atoms with Crippen LogP contribution in [0.2, 0.25) is 0 Å². The fourth-order valence-electron chi connectivity index (χ4n) is 2.97. The van der Waals surface area contributed by atoms with E-state index >= 15 is 0 Å². The second-order valence-electron chi connectivity index (χ2n) is 6.36. The average Bonchev–Trinajstić information content (AvgIpc) is 2.67. The number of hydrogen-bond donors (Lipinski definition) is 2. The lowest BCUT2D eigenvalue weighted by atomic mass is 10.1. The first-order valence-corrected chi connectivity index (χ1v) is 10.2. The van der Waals surface area contributed by atoms with Gasteiger partial charge in [-0.3, -0.25) is 0 Å². The summed E-state index contributed by atoms with van der Waals surface area (Å²) in [5, 5.41) is 2.64. The van der Waals surface area contributed by atoms with Gasteiger partial charge in [0.2, 0.25) is 10.0 Å². The van der Waals surface area contributed by atoms with E-state index in [9.17, 15) is 12.8 Å². The number of piperidine rings is 1. The molecule has 0 radical (unpaired) electrons. The van der Waals surface area contributed by atoms with Crippen LogP contribution in [0.1, 0.15) is 24.4 Å². The second-order valence-corrected chi connectivity index (χ2v) is 8.35. The molecule has 26 heavy (non-hydrogen) atoms. The van der Waals surface area contributed by atoms with Crippen molar-refractivity contribution in [2.24, 2.45) is 0 Å². The van der Waals surface area contributed by atoms with Crippen LogP contribution in [0, 0.1) is 5.82 Å². The minimum atomic E-state index is -3.53. The van der Waals surface area contributed by atoms with Crippen LogP contribution in [0.15, 0.2) is 54.6 Å². The third kappa shape index (κ3) is 5.03. The Labute approximate surface area is 153 Å². The van der Waals surface area contributed by atoms with Crippen molar-refractivity contribution in [2.45, 2.75) is 24.1 Å². The zero-order valence-corrected chi connectivity index (χ0v) is 15.2. The standard InChI is InChI=1S/C19H23FN2O3S/c20-16-10-8-15(9-11-16)19(14-25-17-5-2-1-3-6-17)22-26(23,24)18-7-4-12-21-13-18/h1-3,5-6,8-11,18-19,21-22H,4,7,12-14H2. The van der Waals surface area contributed by atoms with Crippen LogP contribution < -0.4 is 14.8 Å². The van der Waals surface area contributed by atoms with Gasteiger partial charge in [-0.1, -0.05) is 30.3 Å². The van der Waals surface area contributed by atoms with E-state index in [1.807, 2.05) is 18.2 Å². The van der Waals surface area contributed by atoms with Gasteiger partial charge in [0.15, 0.2) is 0 Å². The minimum absolute atomic E-state index is 0.120. The maximum absolute atomic E-state index is 13.3. The van der Waals surface area contributed by atoms with Crippen molar-refractivity contribution in [2.75, 3.05) is 19.7 Å². The Morgan fingerprint density at radius 2 is 1.88 bits per heavy atom. The fourth-order valence-corrected chi connectivity index (χ4v) is 4.58. The van der Waals surface area contributed by atoms with Gasteiger partial charge in [-0.15, -0.1) is 0 Å². The third-order valence-corrected chi connectivity index (χ3v) is 6.32. The summed E-state index contributed by atoms with van der Waals surface area (Å²) in [4.78, 5) is 0. The molecule has 2 unspecified atom stereocenters. The summed E-state index contributed by atoms with van der Waals surface area (Å²) >= 11 is 0. The number of rotatable bonds is 7. The average molecular weight is 378 g/mol. The summed E-state index contributed by atoms with van der Waals surface area (Å²) in [6, 6.07) is 14.4. The third-order valence-electron chi connectivity index (χ3n) is 4.43. The van der Waals surface area contributed by atoms with Crippen molar-refractivity contribution in [1.29, 1.82) is 0 Å². The van der Waals surface area contributed by atoms with Crippen LogP contribution in [-0.2, 0) is 10.0 Å². The first-order chi connectivity index (χ1) is 12.5. The lowest BCUT2D eigenvalue weighted by molar-refractivity contribution is 0.280. The van der Waals surface area contributed by atoms with Crippen molar-refractivity contribution in [1.82, 2.24) is 10.0 Å². The summed E-state index contributed by atoms with van der Waals surface area (Å²) < 4.78 is 47.3. The topological polar surface area (TPSA) is 67.4 Å². The smallest absolute Gasteiger partial charge is 0.216 e. The lowest BCUT2D eigenvalue weighted by Crippen LogP contribution is -2.46. The summed E-state index contributed by atoms with van der Waals surface area (Å²) in [5.74, 6) is 0.286. The Balaban J connectivity index is 1.76. The van der Waals surface area contributed by atoms with E-state index in [-0.39, 0.29) is 12.4 Å². The zero-order valence-electron chi connectivity index (χ0n) is 14.4. The molecule has 0 aliphatic carbocycles. The van der Waals surface area contributed by atoms with Crippen molar-refractivity contribution in [3.05, 3.63) is 66.0 Å². The molecule has 0 amide bonds. The van der Waals surface area contributed by atoms with E-state index in [4.69, 9.17) is 4.74 Å². The maximum Gasteiger partial charge on any atom is 0.216 e. The summed E-state index contributed by atoms with van der Waals surface area (Å²) in [6.07, 6.45) is 1.45. The molecule has 7 heteroatoms. The Bertz CT molecular complexity index is 791. The van der Waals surface area contributed by atoms with E-state index in [0.717, 1.165) is 13.0 Å². The van der Waals surface area contributed by atoms with Crippen LogP contribution in [-0.4, -0.2) is 33.4 Å². The Morgan fingerprint density at radius 1 is 1.15 bits per heavy atom. The van der Waals surface area contributed by atoms with Gasteiger partial charge in [0.25, 0.3) is 0 Å². The first kappa shape index (κ1) is 18.8. The molecular formula is C19H23FN2O3S. The van der Waals surface area contributed by atoms with Crippen LogP contribution in [0.25, 0.3) is 0 Å². The second kappa shape index (κ2) is 8.62. The number of benzene rings is 2. The highest BCUT2D eigenvalue weighted by atomic mass is 32.2. The van der Waals surface area contributed by atoms with E-state index in [1.54, 1.807) is 24.3 Å². The molecule has 1 aliphatic rings. The SMILES string of the molecule is O=S(=O)(NC(COc1ccccc1)c1ccc(F)cc1)C1CCCNC1. The molecule has 2 atom stereocenters. The van der Waals surface area contributed by atoms with Gasteiger partial charge in [-0.25, -0.2) is 17.5 Å². The van der Waals surface area contributed by atoms with E-state index in [1.165, 1.54) is 12.1 Å². The molecule has 1 fully saturated rings. The van der Waals surface area contributed by atoms with Gasteiger partial charge in [0, 0.05) is 6.54 Å². The van der Waals surface area contributed by atoms with Gasteiger partial charge in [0.1, 0.15) is 18.2 Å². The number of ether oxygens (including phenoxy) is 1. The number of nitrogens with one attached hydrogen (secondary N) is 2. The summed E-state index contributed by atoms with van der Waals surface area (Å²) in [7, 11) is -3.53. The molecule has 1 saturated heterocycles. The number of sulfonamides is 1. The van der Waals surface area contributed by atoms with Crippen molar-refractivity contribution < 1.29 is 17.5 Å². The number of hydrogen-bond acceptors (Lipinski definition) is 4. The highest BCUT2D eigenvalue weighted by Gasteiger charge is 2.30. The molecule has 0 saturated carbocycles. The number of halogens is 1. The molecule has 3 rings (SSSR count). The van der Waals surface area contributed by atoms with Crippen LogP contribution in [0.5, 0.6) is 5.75 Å². The normalized spacial score (nSPS) is 19.0. The molecule has 1 heterocycles. The predicted octanol–water partition coefficient (Wildman–Crippen LogP) is 2.62. The monoisotopic (exact) mass is 378 g/mol. The maximum atomic E-state index is 13.3. The molecular weight excluding hydrogens is 355 g/mol. The van der Waals surface area contributed by atoms with Gasteiger partial charge < -0.3 is 10.1 Å². The highest BCUT2D eigenvalue weighted by Crippen LogP contribution is 2.20. The lowest BCUT2D eigenvalue weighted by Gasteiger charge is -2.26. The van der Waals surface area contributed by atoms with E-state index in [0.29, 0.717) is 24.3 Å². The number of para-hydroxylation sites is 1. The van der Waals surface area contributed by atoms with Gasteiger partial charge in [-0.05, 0) is 49.2 Å². The molecule has 0 aromatic heterocycles. The molecule has 1 aliphatic heterocycles. The predicted molar refractivity (Wildman–Crippen MR) is 99.0 cm³/mol. The Hall–Kier alpha value is -1.96. The fraction of sp³-hybridized carbons (Fsp3) is 0.368. The van der Waals surface area contributed by atoms with Crippen molar-refractivity contribution >= 4 is 10.0 Å². The molecule has 5 nitrogen and oxygen atoms in total. The van der Waals surface area contributed by atoms with Crippen molar-refractivity contribution in [3.8, 4) is 5.75 Å². The largest absolute Gasteiger partial charge is 0.492 e. The summed E-state index contributed by atoms with van der Waals surface area (Å²) in [6.45, 7) is 1.39. The first-order valence-electron chi connectivity index (χ1n) is 8.70. The molecule has 0 spiro atoms. The van der Waals surface area contributed by atoms with Crippen LogP contribution in [0.4, 0.5) is 4.39 Å². The van der Waals surface area contributed by atoms with Crippen LogP contribution >= 0.6 is 0 Å².